The fourth-order valence-electron chi connectivity index (χ4n) is 2.51. The lowest BCUT2D eigenvalue weighted by molar-refractivity contribution is -0.115. The van der Waals surface area contributed by atoms with E-state index in [2.05, 4.69) is 20.6 Å². The van der Waals surface area contributed by atoms with Crippen LogP contribution in [0.2, 0.25) is 0 Å². The number of hydrogen-bond donors (Lipinski definition) is 2. The Kier molecular flexibility index (Phi) is 7.27. The van der Waals surface area contributed by atoms with Crippen molar-refractivity contribution < 1.29 is 14.4 Å². The highest BCUT2D eigenvalue weighted by Crippen LogP contribution is 2.24. The summed E-state index contributed by atoms with van der Waals surface area (Å²) in [5.74, 6) is -0.757. The maximum atomic E-state index is 12.3. The smallest absolute Gasteiger partial charge is 0.265 e. The lowest BCUT2D eigenvalue weighted by Crippen LogP contribution is -2.21. The zero-order valence-electron chi connectivity index (χ0n) is 17.2. The molecule has 3 rings (SSSR count). The minimum absolute atomic E-state index is 0.0296. The number of nitrogens with one attached hydrogen (secondary N) is 2. The van der Waals surface area contributed by atoms with Crippen LogP contribution in [0.5, 0.6) is 0 Å². The maximum absolute atomic E-state index is 12.3. The molecule has 0 saturated heterocycles. The van der Waals surface area contributed by atoms with E-state index >= 15 is 0 Å². The number of nitrogens with zero attached hydrogens (tertiary/aromatic N) is 3. The minimum Gasteiger partial charge on any atom is -0.344 e. The summed E-state index contributed by atoms with van der Waals surface area (Å²) in [6, 6.07) is 9.48. The number of amides is 3. The number of aryl methyl sites for hydroxylation is 1. The average Bonchev–Trinajstić information content (AvgIpc) is 3.32. The van der Waals surface area contributed by atoms with Gasteiger partial charge in [-0.3, -0.25) is 19.7 Å². The Morgan fingerprint density at radius 2 is 1.81 bits per heavy atom. The Hall–Kier alpha value is -3.37. The summed E-state index contributed by atoms with van der Waals surface area (Å²) in [5, 5.41) is 7.87. The van der Waals surface area contributed by atoms with E-state index in [1.54, 1.807) is 32.5 Å². The first-order valence-corrected chi connectivity index (χ1v) is 11.0. The van der Waals surface area contributed by atoms with Crippen LogP contribution in [-0.2, 0) is 16.0 Å². The van der Waals surface area contributed by atoms with Crippen molar-refractivity contribution in [3.63, 3.8) is 0 Å². The molecule has 0 fully saturated rings. The molecule has 0 radical (unpaired) electrons. The highest BCUT2D eigenvalue weighted by molar-refractivity contribution is 7.17. The van der Waals surface area contributed by atoms with E-state index in [4.69, 9.17) is 0 Å². The molecule has 3 aromatic rings. The Labute approximate surface area is 187 Å². The van der Waals surface area contributed by atoms with Gasteiger partial charge in [0.25, 0.3) is 5.91 Å². The average molecular weight is 456 g/mol. The molecule has 0 aliphatic rings. The zero-order valence-corrected chi connectivity index (χ0v) is 18.8. The van der Waals surface area contributed by atoms with Gasteiger partial charge in [0.05, 0.1) is 17.8 Å². The van der Waals surface area contributed by atoms with Crippen molar-refractivity contribution in [3.05, 3.63) is 63.6 Å². The zero-order chi connectivity index (χ0) is 22.4. The molecular weight excluding hydrogens is 434 g/mol. The van der Waals surface area contributed by atoms with E-state index in [0.717, 1.165) is 16.9 Å². The van der Waals surface area contributed by atoms with Gasteiger partial charge in [0.1, 0.15) is 4.88 Å². The van der Waals surface area contributed by atoms with Crippen LogP contribution in [-0.4, -0.2) is 46.7 Å². The summed E-state index contributed by atoms with van der Waals surface area (Å²) in [7, 11) is 3.33. The molecule has 8 nitrogen and oxygen atoms in total. The van der Waals surface area contributed by atoms with Crippen LogP contribution in [0.4, 0.5) is 10.3 Å². The quantitative estimate of drug-likeness (QED) is 0.531. The summed E-state index contributed by atoms with van der Waals surface area (Å²) >= 11 is 2.38. The predicted octanol–water partition coefficient (Wildman–Crippen LogP) is 3.44. The van der Waals surface area contributed by atoms with Crippen molar-refractivity contribution in [3.8, 4) is 0 Å². The Balaban J connectivity index is 1.54. The van der Waals surface area contributed by atoms with Crippen LogP contribution in [0.3, 0.4) is 0 Å². The van der Waals surface area contributed by atoms with Crippen molar-refractivity contribution in [2.24, 2.45) is 0 Å². The molecule has 0 saturated carbocycles. The second-order valence-corrected chi connectivity index (χ2v) is 8.59. The molecule has 0 aliphatic carbocycles. The monoisotopic (exact) mass is 455 g/mol. The van der Waals surface area contributed by atoms with Crippen LogP contribution >= 0.6 is 22.7 Å². The summed E-state index contributed by atoms with van der Waals surface area (Å²) < 4.78 is 0. The molecule has 0 bridgehead atoms. The van der Waals surface area contributed by atoms with Crippen LogP contribution in [0, 0.1) is 6.92 Å². The second kappa shape index (κ2) is 10.1. The fourth-order valence-corrected chi connectivity index (χ4v) is 4.23. The van der Waals surface area contributed by atoms with Crippen molar-refractivity contribution in [1.82, 2.24) is 14.9 Å². The third-order valence-electron chi connectivity index (χ3n) is 3.99. The van der Waals surface area contributed by atoms with Crippen molar-refractivity contribution in [2.75, 3.05) is 24.7 Å². The molecule has 1 aromatic carbocycles. The van der Waals surface area contributed by atoms with E-state index in [0.29, 0.717) is 26.5 Å². The molecule has 0 spiro atoms. The van der Waals surface area contributed by atoms with Crippen LogP contribution in [0.1, 0.15) is 26.6 Å². The van der Waals surface area contributed by atoms with Gasteiger partial charge in [0, 0.05) is 25.6 Å². The van der Waals surface area contributed by atoms with Gasteiger partial charge in [-0.25, -0.2) is 9.97 Å². The number of carbonyl (C=O) groups excluding carboxylic acids is 3. The third kappa shape index (κ3) is 6.30. The Morgan fingerprint density at radius 1 is 1.06 bits per heavy atom. The van der Waals surface area contributed by atoms with Gasteiger partial charge in [-0.05, 0) is 18.6 Å². The molecule has 0 atom stereocenters. The normalized spacial score (nSPS) is 10.8. The van der Waals surface area contributed by atoms with Crippen LogP contribution < -0.4 is 10.6 Å². The maximum Gasteiger partial charge on any atom is 0.265 e. The lowest BCUT2D eigenvalue weighted by atomic mass is 10.2. The number of anilines is 2. The molecule has 31 heavy (non-hydrogen) atoms. The number of carbonyl (C=O) groups is 3. The van der Waals surface area contributed by atoms with Crippen molar-refractivity contribution >= 4 is 56.7 Å². The van der Waals surface area contributed by atoms with Crippen LogP contribution in [0.25, 0.3) is 6.08 Å². The van der Waals surface area contributed by atoms with Gasteiger partial charge in [0.2, 0.25) is 11.8 Å². The van der Waals surface area contributed by atoms with Crippen molar-refractivity contribution in [1.29, 1.82) is 0 Å². The molecule has 10 heteroatoms. The number of thiazole rings is 2. The van der Waals surface area contributed by atoms with E-state index < -0.39 is 0 Å². The van der Waals surface area contributed by atoms with Gasteiger partial charge in [0.15, 0.2) is 10.3 Å². The largest absolute Gasteiger partial charge is 0.344 e. The first-order chi connectivity index (χ1) is 14.8. The summed E-state index contributed by atoms with van der Waals surface area (Å²) in [5.41, 5.74) is 2.02. The van der Waals surface area contributed by atoms with Crippen molar-refractivity contribution in [2.45, 2.75) is 13.3 Å². The number of rotatable bonds is 7. The fraction of sp³-hybridized carbons (Fsp3) is 0.190. The lowest BCUT2D eigenvalue weighted by Gasteiger charge is -2.07. The van der Waals surface area contributed by atoms with Crippen LogP contribution in [0.15, 0.2) is 41.8 Å². The molecule has 2 heterocycles. The molecular formula is C21H21N5O3S2. The third-order valence-corrected chi connectivity index (χ3v) is 5.86. The predicted molar refractivity (Wildman–Crippen MR) is 123 cm³/mol. The van der Waals surface area contributed by atoms with Gasteiger partial charge < -0.3 is 10.2 Å². The minimum atomic E-state index is -0.301. The van der Waals surface area contributed by atoms with E-state index in [-0.39, 0.29) is 24.1 Å². The molecule has 0 unspecified atom stereocenters. The van der Waals surface area contributed by atoms with Gasteiger partial charge in [-0.2, -0.15) is 0 Å². The molecule has 160 valence electrons. The second-order valence-electron chi connectivity index (χ2n) is 6.74. The Morgan fingerprint density at radius 3 is 2.52 bits per heavy atom. The molecule has 2 aromatic heterocycles. The number of benzene rings is 1. The number of aromatic nitrogens is 2. The summed E-state index contributed by atoms with van der Waals surface area (Å²) in [6.07, 6.45) is 3.17. The molecule has 2 N–H and O–H groups in total. The number of hydrogen-bond acceptors (Lipinski definition) is 7. The van der Waals surface area contributed by atoms with E-state index in [1.165, 1.54) is 22.3 Å². The first kappa shape index (κ1) is 22.3. The molecule has 0 aliphatic heterocycles. The highest BCUT2D eigenvalue weighted by atomic mass is 32.1. The topological polar surface area (TPSA) is 104 Å². The molecule has 3 amide bonds. The van der Waals surface area contributed by atoms with Gasteiger partial charge in [-0.1, -0.05) is 41.7 Å². The van der Waals surface area contributed by atoms with Gasteiger partial charge >= 0.3 is 0 Å². The highest BCUT2D eigenvalue weighted by Gasteiger charge is 2.18. The SMILES string of the molecule is Cc1nc(NC(=O)Cc2csc(NC(=O)/C=C/c3ccccc3)n2)sc1C(=O)N(C)C. The van der Waals surface area contributed by atoms with E-state index in [9.17, 15) is 14.4 Å². The first-order valence-electron chi connectivity index (χ1n) is 9.29. The standard InChI is InChI=1S/C21H21N5O3S2/c1-13-18(19(29)26(2)3)31-21(22-13)25-17(28)11-15-12-30-20(23-15)24-16(27)10-9-14-7-5-4-6-8-14/h4-10,12H,11H2,1-3H3,(H,22,25,28)(H,23,24,27)/b10-9+. The Bertz CT molecular complexity index is 1120. The van der Waals surface area contributed by atoms with Gasteiger partial charge in [-0.15, -0.1) is 11.3 Å². The summed E-state index contributed by atoms with van der Waals surface area (Å²) in [6.45, 7) is 1.73. The summed E-state index contributed by atoms with van der Waals surface area (Å²) in [4.78, 5) is 47.0. The van der Waals surface area contributed by atoms with E-state index in [1.807, 2.05) is 30.3 Å².